The Labute approximate surface area is 179 Å². The largest absolute Gasteiger partial charge is 0.493 e. The summed E-state index contributed by atoms with van der Waals surface area (Å²) in [6.45, 7) is 3.61. The SMILES string of the molecule is CC1(CS(C)(=O)=O)CCOC[C@@H]1COc1ccc(-n2cc(CCC3CC3)cn2)cc1. The van der Waals surface area contributed by atoms with Gasteiger partial charge in [0.15, 0.2) is 0 Å². The number of hydrogen-bond acceptors (Lipinski definition) is 5. The molecule has 1 aliphatic heterocycles. The lowest BCUT2D eigenvalue weighted by Crippen LogP contribution is -2.44. The number of aromatic nitrogens is 2. The fourth-order valence-corrected chi connectivity index (χ4v) is 5.85. The predicted octanol–water partition coefficient (Wildman–Crippen LogP) is 3.68. The summed E-state index contributed by atoms with van der Waals surface area (Å²) in [6.07, 6.45) is 11.2. The molecule has 2 atom stereocenters. The lowest BCUT2D eigenvalue weighted by molar-refractivity contribution is -0.0391. The van der Waals surface area contributed by atoms with E-state index in [1.165, 1.54) is 31.1 Å². The Bertz CT molecular complexity index is 950. The van der Waals surface area contributed by atoms with Gasteiger partial charge in [-0.15, -0.1) is 0 Å². The van der Waals surface area contributed by atoms with Crippen LogP contribution in [0.1, 0.15) is 38.2 Å². The Balaban J connectivity index is 1.35. The van der Waals surface area contributed by atoms with Crippen molar-refractivity contribution in [1.29, 1.82) is 0 Å². The molecule has 1 aliphatic carbocycles. The number of nitrogens with zero attached hydrogens (tertiary/aromatic N) is 2. The van der Waals surface area contributed by atoms with Crippen molar-refractivity contribution in [2.45, 2.75) is 39.0 Å². The third-order valence-electron chi connectivity index (χ3n) is 6.44. The first-order valence-corrected chi connectivity index (χ1v) is 12.9. The summed E-state index contributed by atoms with van der Waals surface area (Å²) in [5.74, 6) is 1.91. The van der Waals surface area contributed by atoms with E-state index >= 15 is 0 Å². The van der Waals surface area contributed by atoms with Crippen LogP contribution in [0.25, 0.3) is 5.69 Å². The summed E-state index contributed by atoms with van der Waals surface area (Å²) in [5.41, 5.74) is 1.96. The lowest BCUT2D eigenvalue weighted by Gasteiger charge is -2.40. The monoisotopic (exact) mass is 432 g/mol. The van der Waals surface area contributed by atoms with Crippen molar-refractivity contribution in [2.24, 2.45) is 17.3 Å². The van der Waals surface area contributed by atoms with Crippen LogP contribution >= 0.6 is 0 Å². The van der Waals surface area contributed by atoms with E-state index in [4.69, 9.17) is 9.47 Å². The van der Waals surface area contributed by atoms with Crippen LogP contribution < -0.4 is 4.74 Å². The highest BCUT2D eigenvalue weighted by molar-refractivity contribution is 7.90. The highest BCUT2D eigenvalue weighted by Gasteiger charge is 2.40. The van der Waals surface area contributed by atoms with Crippen molar-refractivity contribution in [3.63, 3.8) is 0 Å². The number of aryl methyl sites for hydroxylation is 1. The van der Waals surface area contributed by atoms with Crippen LogP contribution in [0.4, 0.5) is 0 Å². The number of ether oxygens (including phenoxy) is 2. The summed E-state index contributed by atoms with van der Waals surface area (Å²) in [5, 5.41) is 4.49. The minimum atomic E-state index is -3.06. The van der Waals surface area contributed by atoms with E-state index in [-0.39, 0.29) is 17.1 Å². The molecule has 0 spiro atoms. The Morgan fingerprint density at radius 3 is 2.73 bits per heavy atom. The molecule has 2 aliphatic rings. The summed E-state index contributed by atoms with van der Waals surface area (Å²) in [7, 11) is -3.06. The molecule has 6 nitrogen and oxygen atoms in total. The maximum absolute atomic E-state index is 11.9. The lowest BCUT2D eigenvalue weighted by atomic mass is 9.75. The van der Waals surface area contributed by atoms with Crippen LogP contribution in [-0.4, -0.2) is 50.0 Å². The van der Waals surface area contributed by atoms with Gasteiger partial charge in [0.25, 0.3) is 0 Å². The molecule has 0 N–H and O–H groups in total. The molecular formula is C23H32N2O4S. The van der Waals surface area contributed by atoms with E-state index in [1.54, 1.807) is 0 Å². The van der Waals surface area contributed by atoms with E-state index in [1.807, 2.05) is 42.1 Å². The third kappa shape index (κ3) is 5.64. The third-order valence-corrected chi connectivity index (χ3v) is 7.62. The van der Waals surface area contributed by atoms with Gasteiger partial charge in [0, 0.05) is 25.0 Å². The van der Waals surface area contributed by atoms with Gasteiger partial charge in [-0.25, -0.2) is 13.1 Å². The van der Waals surface area contributed by atoms with Crippen molar-refractivity contribution in [2.75, 3.05) is 31.8 Å². The van der Waals surface area contributed by atoms with E-state index in [0.29, 0.717) is 19.8 Å². The predicted molar refractivity (Wildman–Crippen MR) is 117 cm³/mol. The molecule has 1 aromatic carbocycles. The molecule has 0 amide bonds. The molecule has 2 heterocycles. The molecule has 1 saturated carbocycles. The Morgan fingerprint density at radius 1 is 1.27 bits per heavy atom. The van der Waals surface area contributed by atoms with Gasteiger partial charge < -0.3 is 9.47 Å². The molecule has 4 rings (SSSR count). The fraction of sp³-hybridized carbons (Fsp3) is 0.609. The molecule has 164 valence electrons. The molecule has 30 heavy (non-hydrogen) atoms. The maximum Gasteiger partial charge on any atom is 0.148 e. The van der Waals surface area contributed by atoms with E-state index in [9.17, 15) is 8.42 Å². The first-order valence-electron chi connectivity index (χ1n) is 10.8. The average molecular weight is 433 g/mol. The second-order valence-electron chi connectivity index (χ2n) is 9.33. The normalized spacial score (nSPS) is 24.7. The zero-order valence-electron chi connectivity index (χ0n) is 17.9. The Hall–Kier alpha value is -1.86. The van der Waals surface area contributed by atoms with Crippen LogP contribution in [0.2, 0.25) is 0 Å². The molecule has 1 aromatic heterocycles. The maximum atomic E-state index is 11.9. The van der Waals surface area contributed by atoms with Crippen molar-refractivity contribution in [3.8, 4) is 11.4 Å². The summed E-state index contributed by atoms with van der Waals surface area (Å²) in [4.78, 5) is 0. The van der Waals surface area contributed by atoms with Gasteiger partial charge in [-0.1, -0.05) is 19.8 Å². The zero-order valence-corrected chi connectivity index (χ0v) is 18.7. The van der Waals surface area contributed by atoms with Gasteiger partial charge in [-0.05, 0) is 60.4 Å². The van der Waals surface area contributed by atoms with Crippen molar-refractivity contribution in [1.82, 2.24) is 9.78 Å². The summed E-state index contributed by atoms with van der Waals surface area (Å²) < 4.78 is 37.3. The topological polar surface area (TPSA) is 70.4 Å². The molecule has 1 unspecified atom stereocenters. The van der Waals surface area contributed by atoms with Crippen LogP contribution in [0.5, 0.6) is 5.75 Å². The number of hydrogen-bond donors (Lipinski definition) is 0. The van der Waals surface area contributed by atoms with Crippen LogP contribution in [0.3, 0.4) is 0 Å². The van der Waals surface area contributed by atoms with Gasteiger partial charge in [0.1, 0.15) is 15.6 Å². The van der Waals surface area contributed by atoms with E-state index < -0.39 is 9.84 Å². The first-order chi connectivity index (χ1) is 14.3. The average Bonchev–Trinajstić information content (AvgIpc) is 3.40. The van der Waals surface area contributed by atoms with Crippen molar-refractivity contribution < 1.29 is 17.9 Å². The molecule has 7 heteroatoms. The van der Waals surface area contributed by atoms with Gasteiger partial charge in [-0.3, -0.25) is 0 Å². The molecule has 0 radical (unpaired) electrons. The summed E-state index contributed by atoms with van der Waals surface area (Å²) >= 11 is 0. The molecule has 2 fully saturated rings. The quantitative estimate of drug-likeness (QED) is 0.605. The van der Waals surface area contributed by atoms with E-state index in [0.717, 1.165) is 30.2 Å². The smallest absolute Gasteiger partial charge is 0.148 e. The second-order valence-corrected chi connectivity index (χ2v) is 11.5. The van der Waals surface area contributed by atoms with Crippen LogP contribution in [0.15, 0.2) is 36.7 Å². The van der Waals surface area contributed by atoms with Crippen LogP contribution in [0, 0.1) is 17.3 Å². The number of sulfone groups is 1. The standard InChI is InChI=1S/C23H32N2O4S/c1-23(17-30(2,26)27)11-12-28-15-20(23)16-29-22-9-7-21(8-10-22)25-14-19(13-24-25)6-5-18-3-4-18/h7-10,13-14,18,20H,3-6,11-12,15-17H2,1-2H3/t20-,23?/m1/s1. The van der Waals surface area contributed by atoms with Gasteiger partial charge in [0.2, 0.25) is 0 Å². The van der Waals surface area contributed by atoms with Gasteiger partial charge >= 0.3 is 0 Å². The fourth-order valence-electron chi connectivity index (χ4n) is 4.27. The first kappa shape index (κ1) is 21.4. The van der Waals surface area contributed by atoms with Crippen LogP contribution in [-0.2, 0) is 21.0 Å². The molecule has 1 saturated heterocycles. The minimum Gasteiger partial charge on any atom is -0.493 e. The van der Waals surface area contributed by atoms with Gasteiger partial charge in [-0.2, -0.15) is 5.10 Å². The molecule has 0 bridgehead atoms. The van der Waals surface area contributed by atoms with Crippen molar-refractivity contribution >= 4 is 9.84 Å². The zero-order chi connectivity index (χ0) is 21.2. The van der Waals surface area contributed by atoms with Crippen molar-refractivity contribution in [3.05, 3.63) is 42.2 Å². The highest BCUT2D eigenvalue weighted by atomic mass is 32.2. The molecular weight excluding hydrogens is 400 g/mol. The van der Waals surface area contributed by atoms with Gasteiger partial charge in [0.05, 0.1) is 30.9 Å². The Morgan fingerprint density at radius 2 is 2.03 bits per heavy atom. The summed E-state index contributed by atoms with van der Waals surface area (Å²) in [6, 6.07) is 7.89. The highest BCUT2D eigenvalue weighted by Crippen LogP contribution is 2.37. The molecule has 2 aromatic rings. The number of benzene rings is 1. The number of rotatable bonds is 9. The Kier molecular flexibility index (Phi) is 6.21. The second kappa shape index (κ2) is 8.71. The minimum absolute atomic E-state index is 0.0424. The van der Waals surface area contributed by atoms with E-state index in [2.05, 4.69) is 11.3 Å².